The smallest absolute Gasteiger partial charge is 0.224 e. The first-order chi connectivity index (χ1) is 10.7. The fourth-order valence-electron chi connectivity index (χ4n) is 2.92. The fourth-order valence-corrected chi connectivity index (χ4v) is 2.92. The highest BCUT2D eigenvalue weighted by Crippen LogP contribution is 2.25. The molecule has 6 nitrogen and oxygen atoms in total. The Morgan fingerprint density at radius 3 is 3.05 bits per heavy atom. The molecule has 0 bridgehead atoms. The monoisotopic (exact) mass is 299 g/mol. The third-order valence-corrected chi connectivity index (χ3v) is 4.10. The molecule has 1 aliphatic heterocycles. The standard InChI is InChI=1S/C16H21N5O/c1-13-4-9-21(19-13)10-5-16(22)20-8-2-3-14(12-20)15-11-17-6-7-18-15/h4,6-7,9,11,14H,2-3,5,8,10,12H2,1H3/t14-/m0/s1. The van der Waals surface area contributed by atoms with E-state index in [0.717, 1.165) is 37.3 Å². The zero-order valence-corrected chi connectivity index (χ0v) is 12.9. The summed E-state index contributed by atoms with van der Waals surface area (Å²) in [7, 11) is 0. The second kappa shape index (κ2) is 6.68. The van der Waals surface area contributed by atoms with Gasteiger partial charge in [0.05, 0.1) is 11.4 Å². The highest BCUT2D eigenvalue weighted by Gasteiger charge is 2.25. The largest absolute Gasteiger partial charge is 0.342 e. The van der Waals surface area contributed by atoms with Crippen LogP contribution in [-0.2, 0) is 11.3 Å². The number of carbonyl (C=O) groups excluding carboxylic acids is 1. The number of hydrogen-bond acceptors (Lipinski definition) is 4. The minimum atomic E-state index is 0.196. The molecular weight excluding hydrogens is 278 g/mol. The minimum Gasteiger partial charge on any atom is -0.342 e. The highest BCUT2D eigenvalue weighted by molar-refractivity contribution is 5.76. The van der Waals surface area contributed by atoms with Crippen LogP contribution < -0.4 is 0 Å². The molecule has 3 rings (SSSR count). The lowest BCUT2D eigenvalue weighted by molar-refractivity contribution is -0.132. The van der Waals surface area contributed by atoms with Crippen LogP contribution in [0, 0.1) is 6.92 Å². The van der Waals surface area contributed by atoms with Crippen molar-refractivity contribution >= 4 is 5.91 Å². The number of aryl methyl sites for hydroxylation is 2. The number of rotatable bonds is 4. The summed E-state index contributed by atoms with van der Waals surface area (Å²) in [6.45, 7) is 4.18. The van der Waals surface area contributed by atoms with Gasteiger partial charge in [-0.05, 0) is 25.8 Å². The van der Waals surface area contributed by atoms with Crippen LogP contribution in [-0.4, -0.2) is 43.6 Å². The van der Waals surface area contributed by atoms with Crippen molar-refractivity contribution in [3.05, 3.63) is 42.2 Å². The van der Waals surface area contributed by atoms with Crippen molar-refractivity contribution in [1.82, 2.24) is 24.6 Å². The SMILES string of the molecule is Cc1ccn(CCC(=O)N2CCC[C@H](c3cnccn3)C2)n1. The van der Waals surface area contributed by atoms with Gasteiger partial charge < -0.3 is 4.90 Å². The van der Waals surface area contributed by atoms with Crippen LogP contribution in [0.3, 0.4) is 0 Å². The molecule has 0 saturated carbocycles. The quantitative estimate of drug-likeness (QED) is 0.863. The van der Waals surface area contributed by atoms with Crippen molar-refractivity contribution in [3.8, 4) is 0 Å². The molecule has 6 heteroatoms. The highest BCUT2D eigenvalue weighted by atomic mass is 16.2. The van der Waals surface area contributed by atoms with E-state index in [-0.39, 0.29) is 5.91 Å². The predicted molar refractivity (Wildman–Crippen MR) is 82.2 cm³/mol. The van der Waals surface area contributed by atoms with Crippen LogP contribution in [0.5, 0.6) is 0 Å². The van der Waals surface area contributed by atoms with E-state index in [9.17, 15) is 4.79 Å². The van der Waals surface area contributed by atoms with Crippen LogP contribution in [0.2, 0.25) is 0 Å². The summed E-state index contributed by atoms with van der Waals surface area (Å²) in [6.07, 6.45) is 9.72. The van der Waals surface area contributed by atoms with Gasteiger partial charge in [0, 0.05) is 56.8 Å². The summed E-state index contributed by atoms with van der Waals surface area (Å²) in [6, 6.07) is 1.95. The van der Waals surface area contributed by atoms with Crippen LogP contribution >= 0.6 is 0 Å². The van der Waals surface area contributed by atoms with E-state index in [1.807, 2.05) is 35.0 Å². The molecule has 116 valence electrons. The molecule has 1 saturated heterocycles. The second-order valence-electron chi connectivity index (χ2n) is 5.78. The van der Waals surface area contributed by atoms with Gasteiger partial charge in [-0.15, -0.1) is 0 Å². The number of likely N-dealkylation sites (tertiary alicyclic amines) is 1. The lowest BCUT2D eigenvalue weighted by Gasteiger charge is -2.32. The first kappa shape index (κ1) is 14.7. The Labute approximate surface area is 130 Å². The molecular formula is C16H21N5O. The molecule has 0 aromatic carbocycles. The number of piperidine rings is 1. The Bertz CT molecular complexity index is 624. The summed E-state index contributed by atoms with van der Waals surface area (Å²) < 4.78 is 1.83. The summed E-state index contributed by atoms with van der Waals surface area (Å²) in [4.78, 5) is 22.9. The van der Waals surface area contributed by atoms with Crippen LogP contribution in [0.15, 0.2) is 30.9 Å². The van der Waals surface area contributed by atoms with Crippen molar-refractivity contribution < 1.29 is 4.79 Å². The first-order valence-electron chi connectivity index (χ1n) is 7.76. The van der Waals surface area contributed by atoms with Gasteiger partial charge in [0.25, 0.3) is 0 Å². The number of aromatic nitrogens is 4. The van der Waals surface area contributed by atoms with Crippen molar-refractivity contribution in [2.45, 2.75) is 38.6 Å². The normalized spacial score (nSPS) is 18.4. The molecule has 3 heterocycles. The molecule has 2 aromatic rings. The zero-order chi connectivity index (χ0) is 15.4. The summed E-state index contributed by atoms with van der Waals surface area (Å²) >= 11 is 0. The Balaban J connectivity index is 1.56. The Morgan fingerprint density at radius 2 is 2.32 bits per heavy atom. The topological polar surface area (TPSA) is 63.9 Å². The van der Waals surface area contributed by atoms with Gasteiger partial charge in [0.1, 0.15) is 0 Å². The average Bonchev–Trinajstić information content (AvgIpc) is 2.99. The molecule has 0 unspecified atom stereocenters. The van der Waals surface area contributed by atoms with Crippen molar-refractivity contribution in [3.63, 3.8) is 0 Å². The van der Waals surface area contributed by atoms with Gasteiger partial charge in [-0.25, -0.2) is 0 Å². The third kappa shape index (κ3) is 3.50. The molecule has 22 heavy (non-hydrogen) atoms. The summed E-state index contributed by atoms with van der Waals surface area (Å²) in [5.74, 6) is 0.500. The molecule has 2 aromatic heterocycles. The van der Waals surface area contributed by atoms with Gasteiger partial charge in [0.15, 0.2) is 0 Å². The van der Waals surface area contributed by atoms with E-state index in [1.165, 1.54) is 0 Å². The van der Waals surface area contributed by atoms with Crippen molar-refractivity contribution in [2.24, 2.45) is 0 Å². The van der Waals surface area contributed by atoms with E-state index < -0.39 is 0 Å². The molecule has 0 aliphatic carbocycles. The molecule has 0 N–H and O–H groups in total. The van der Waals surface area contributed by atoms with E-state index in [4.69, 9.17) is 0 Å². The van der Waals surface area contributed by atoms with E-state index in [2.05, 4.69) is 15.1 Å². The fraction of sp³-hybridized carbons (Fsp3) is 0.500. The first-order valence-corrected chi connectivity index (χ1v) is 7.76. The number of nitrogens with zero attached hydrogens (tertiary/aromatic N) is 5. The minimum absolute atomic E-state index is 0.196. The Morgan fingerprint density at radius 1 is 1.41 bits per heavy atom. The van der Waals surface area contributed by atoms with E-state index in [0.29, 0.717) is 18.9 Å². The number of amides is 1. The summed E-state index contributed by atoms with van der Waals surface area (Å²) in [5.41, 5.74) is 1.97. The van der Waals surface area contributed by atoms with E-state index in [1.54, 1.807) is 12.4 Å². The zero-order valence-electron chi connectivity index (χ0n) is 12.9. The Hall–Kier alpha value is -2.24. The molecule has 0 radical (unpaired) electrons. The maximum atomic E-state index is 12.4. The van der Waals surface area contributed by atoms with Crippen LogP contribution in [0.25, 0.3) is 0 Å². The van der Waals surface area contributed by atoms with Crippen molar-refractivity contribution in [1.29, 1.82) is 0 Å². The molecule has 1 atom stereocenters. The maximum Gasteiger partial charge on any atom is 0.224 e. The van der Waals surface area contributed by atoms with Gasteiger partial charge >= 0.3 is 0 Å². The third-order valence-electron chi connectivity index (χ3n) is 4.10. The number of carbonyl (C=O) groups is 1. The molecule has 1 amide bonds. The average molecular weight is 299 g/mol. The van der Waals surface area contributed by atoms with Crippen molar-refractivity contribution in [2.75, 3.05) is 13.1 Å². The van der Waals surface area contributed by atoms with Gasteiger partial charge in [-0.1, -0.05) is 0 Å². The second-order valence-corrected chi connectivity index (χ2v) is 5.78. The lowest BCUT2D eigenvalue weighted by atomic mass is 9.95. The van der Waals surface area contributed by atoms with E-state index >= 15 is 0 Å². The molecule has 1 fully saturated rings. The van der Waals surface area contributed by atoms with Gasteiger partial charge in [0.2, 0.25) is 5.91 Å². The lowest BCUT2D eigenvalue weighted by Crippen LogP contribution is -2.39. The van der Waals surface area contributed by atoms with Gasteiger partial charge in [-0.2, -0.15) is 5.10 Å². The molecule has 0 spiro atoms. The Kier molecular flexibility index (Phi) is 4.46. The predicted octanol–water partition coefficient (Wildman–Crippen LogP) is 1.78. The number of hydrogen-bond donors (Lipinski definition) is 0. The van der Waals surface area contributed by atoms with Gasteiger partial charge in [-0.3, -0.25) is 19.4 Å². The summed E-state index contributed by atoms with van der Waals surface area (Å²) in [5, 5.41) is 4.32. The van der Waals surface area contributed by atoms with Crippen LogP contribution in [0.1, 0.15) is 36.6 Å². The molecule has 1 aliphatic rings. The maximum absolute atomic E-state index is 12.4. The van der Waals surface area contributed by atoms with Crippen LogP contribution in [0.4, 0.5) is 0 Å².